The molecule has 2 rings (SSSR count). The lowest BCUT2D eigenvalue weighted by Gasteiger charge is -2.15. The minimum absolute atomic E-state index is 0.290. The van der Waals surface area contributed by atoms with Gasteiger partial charge in [0.2, 0.25) is 0 Å². The molecule has 1 aromatic carbocycles. The average Bonchev–Trinajstić information content (AvgIpc) is 2.74. The van der Waals surface area contributed by atoms with E-state index in [1.54, 1.807) is 6.92 Å². The molecule has 0 aliphatic heterocycles. The van der Waals surface area contributed by atoms with Crippen LogP contribution in [-0.4, -0.2) is 23.1 Å². The van der Waals surface area contributed by atoms with Gasteiger partial charge in [-0.2, -0.15) is 0 Å². The Bertz CT molecular complexity index is 595. The Morgan fingerprint density at radius 2 is 2.05 bits per heavy atom. The van der Waals surface area contributed by atoms with E-state index in [9.17, 15) is 4.79 Å². The van der Waals surface area contributed by atoms with Gasteiger partial charge in [-0.15, -0.1) is 0 Å². The van der Waals surface area contributed by atoms with Crippen molar-refractivity contribution in [2.75, 3.05) is 11.9 Å². The summed E-state index contributed by atoms with van der Waals surface area (Å²) in [5.41, 5.74) is 1.65. The molecule has 0 spiro atoms. The lowest BCUT2D eigenvalue weighted by molar-refractivity contribution is 0.0701. The Hall–Kier alpha value is -1.59. The second-order valence-electron chi connectivity index (χ2n) is 4.20. The first-order chi connectivity index (χ1) is 8.97. The number of carboxylic acids is 1. The lowest BCUT2D eigenvalue weighted by Crippen LogP contribution is -2.15. The van der Waals surface area contributed by atoms with Gasteiger partial charge in [-0.3, -0.25) is 0 Å². The Kier molecular flexibility index (Phi) is 4.07. The monoisotopic (exact) mass is 296 g/mol. The van der Waals surface area contributed by atoms with E-state index in [0.717, 1.165) is 5.56 Å². The molecule has 19 heavy (non-hydrogen) atoms. The third kappa shape index (κ3) is 3.24. The van der Waals surface area contributed by atoms with Gasteiger partial charge in [-0.25, -0.2) is 9.78 Å². The highest BCUT2D eigenvalue weighted by Crippen LogP contribution is 2.26. The van der Waals surface area contributed by atoms with Crippen molar-refractivity contribution in [3.05, 3.63) is 45.4 Å². The number of benzene rings is 1. The van der Waals surface area contributed by atoms with Crippen LogP contribution in [0.2, 0.25) is 5.02 Å². The molecular formula is C13H13ClN2O2S. The van der Waals surface area contributed by atoms with Crippen LogP contribution in [0, 0.1) is 6.92 Å². The van der Waals surface area contributed by atoms with Gasteiger partial charge >= 0.3 is 5.97 Å². The van der Waals surface area contributed by atoms with Gasteiger partial charge in [0, 0.05) is 18.6 Å². The number of anilines is 1. The molecule has 0 aliphatic rings. The topological polar surface area (TPSA) is 53.4 Å². The van der Waals surface area contributed by atoms with Crippen molar-refractivity contribution < 1.29 is 9.90 Å². The molecule has 0 bridgehead atoms. The normalized spacial score (nSPS) is 10.5. The van der Waals surface area contributed by atoms with Crippen molar-refractivity contribution in [2.24, 2.45) is 0 Å². The van der Waals surface area contributed by atoms with E-state index in [1.165, 1.54) is 11.3 Å². The maximum atomic E-state index is 11.0. The fourth-order valence-corrected chi connectivity index (χ4v) is 2.67. The summed E-state index contributed by atoms with van der Waals surface area (Å²) in [4.78, 5) is 17.5. The molecule has 100 valence electrons. The zero-order valence-electron chi connectivity index (χ0n) is 10.6. The molecule has 0 aliphatic carbocycles. The molecule has 0 saturated heterocycles. The molecule has 0 atom stereocenters. The molecule has 0 radical (unpaired) electrons. The number of aromatic carboxylic acids is 1. The fraction of sp³-hybridized carbons (Fsp3) is 0.231. The van der Waals surface area contributed by atoms with Crippen molar-refractivity contribution in [2.45, 2.75) is 13.5 Å². The Morgan fingerprint density at radius 1 is 1.42 bits per heavy atom. The van der Waals surface area contributed by atoms with Crippen LogP contribution in [0.15, 0.2) is 24.3 Å². The lowest BCUT2D eigenvalue weighted by atomic mass is 10.2. The smallest absolute Gasteiger partial charge is 0.347 e. The Balaban J connectivity index is 2.15. The first kappa shape index (κ1) is 13.8. The number of carbonyl (C=O) groups is 1. The molecule has 1 N–H and O–H groups in total. The molecular weight excluding hydrogens is 284 g/mol. The zero-order chi connectivity index (χ0) is 14.0. The van der Waals surface area contributed by atoms with Crippen LogP contribution < -0.4 is 4.90 Å². The van der Waals surface area contributed by atoms with Crippen molar-refractivity contribution >= 4 is 34.0 Å². The largest absolute Gasteiger partial charge is 0.477 e. The van der Waals surface area contributed by atoms with Gasteiger partial charge < -0.3 is 10.0 Å². The minimum atomic E-state index is -0.929. The summed E-state index contributed by atoms with van der Waals surface area (Å²) in [7, 11) is 1.89. The summed E-state index contributed by atoms with van der Waals surface area (Å²) in [6, 6.07) is 7.55. The molecule has 0 saturated carbocycles. The second-order valence-corrected chi connectivity index (χ2v) is 5.61. The van der Waals surface area contributed by atoms with E-state index in [4.69, 9.17) is 16.7 Å². The van der Waals surface area contributed by atoms with Crippen LogP contribution in [-0.2, 0) is 6.54 Å². The predicted octanol–water partition coefficient (Wildman–Crippen LogP) is 3.44. The summed E-state index contributed by atoms with van der Waals surface area (Å²) in [5.74, 6) is -0.929. The first-order valence-corrected chi connectivity index (χ1v) is 6.83. The van der Waals surface area contributed by atoms with E-state index in [0.29, 0.717) is 22.4 Å². The molecule has 4 nitrogen and oxygen atoms in total. The second kappa shape index (κ2) is 5.59. The van der Waals surface area contributed by atoms with E-state index >= 15 is 0 Å². The Labute approximate surface area is 120 Å². The van der Waals surface area contributed by atoms with Crippen LogP contribution in [0.4, 0.5) is 5.13 Å². The quantitative estimate of drug-likeness (QED) is 0.939. The molecule has 0 amide bonds. The molecule has 0 fully saturated rings. The number of carboxylic acid groups (broad SMARTS) is 1. The zero-order valence-corrected chi connectivity index (χ0v) is 12.1. The number of thiazole rings is 1. The summed E-state index contributed by atoms with van der Waals surface area (Å²) in [5, 5.41) is 10.4. The summed E-state index contributed by atoms with van der Waals surface area (Å²) in [6.45, 7) is 2.36. The number of aromatic nitrogens is 1. The highest BCUT2D eigenvalue weighted by Gasteiger charge is 2.16. The molecule has 0 unspecified atom stereocenters. The number of nitrogens with zero attached hydrogens (tertiary/aromatic N) is 2. The van der Waals surface area contributed by atoms with Crippen molar-refractivity contribution in [1.82, 2.24) is 4.98 Å². The summed E-state index contributed by atoms with van der Waals surface area (Å²) >= 11 is 7.02. The van der Waals surface area contributed by atoms with Crippen molar-refractivity contribution in [1.29, 1.82) is 0 Å². The van der Waals surface area contributed by atoms with E-state index < -0.39 is 5.97 Å². The number of aryl methyl sites for hydroxylation is 1. The summed E-state index contributed by atoms with van der Waals surface area (Å²) < 4.78 is 0. The maximum absolute atomic E-state index is 11.0. The highest BCUT2D eigenvalue weighted by molar-refractivity contribution is 7.17. The van der Waals surface area contributed by atoms with E-state index in [-0.39, 0.29) is 4.88 Å². The van der Waals surface area contributed by atoms with Gasteiger partial charge in [0.15, 0.2) is 5.13 Å². The van der Waals surface area contributed by atoms with Crippen LogP contribution >= 0.6 is 22.9 Å². The van der Waals surface area contributed by atoms with Gasteiger partial charge in [-0.1, -0.05) is 35.1 Å². The summed E-state index contributed by atoms with van der Waals surface area (Å²) in [6.07, 6.45) is 0. The van der Waals surface area contributed by atoms with E-state index in [2.05, 4.69) is 4.98 Å². The molecule has 1 heterocycles. The Morgan fingerprint density at radius 3 is 2.58 bits per heavy atom. The number of hydrogen-bond donors (Lipinski definition) is 1. The highest BCUT2D eigenvalue weighted by atomic mass is 35.5. The van der Waals surface area contributed by atoms with Crippen LogP contribution in [0.25, 0.3) is 0 Å². The third-order valence-electron chi connectivity index (χ3n) is 2.64. The molecule has 6 heteroatoms. The fourth-order valence-electron chi connectivity index (χ4n) is 1.68. The number of rotatable bonds is 4. The van der Waals surface area contributed by atoms with Gasteiger partial charge in [0.05, 0.1) is 5.69 Å². The van der Waals surface area contributed by atoms with Gasteiger partial charge in [-0.05, 0) is 24.6 Å². The van der Waals surface area contributed by atoms with Gasteiger partial charge in [0.25, 0.3) is 0 Å². The third-order valence-corrected chi connectivity index (χ3v) is 4.15. The van der Waals surface area contributed by atoms with Crippen molar-refractivity contribution in [3.8, 4) is 0 Å². The van der Waals surface area contributed by atoms with E-state index in [1.807, 2.05) is 36.2 Å². The average molecular weight is 297 g/mol. The molecule has 1 aromatic heterocycles. The number of hydrogen-bond acceptors (Lipinski definition) is 4. The first-order valence-electron chi connectivity index (χ1n) is 5.63. The SMILES string of the molecule is Cc1nc(N(C)Cc2ccc(Cl)cc2)sc1C(=O)O. The van der Waals surface area contributed by atoms with Crippen molar-refractivity contribution in [3.63, 3.8) is 0 Å². The minimum Gasteiger partial charge on any atom is -0.477 e. The maximum Gasteiger partial charge on any atom is 0.347 e. The number of halogens is 1. The predicted molar refractivity (Wildman–Crippen MR) is 77.4 cm³/mol. The van der Waals surface area contributed by atoms with Crippen LogP contribution in [0.3, 0.4) is 0 Å². The van der Waals surface area contributed by atoms with Gasteiger partial charge in [0.1, 0.15) is 4.88 Å². The molecule has 2 aromatic rings. The van der Waals surface area contributed by atoms with Crippen LogP contribution in [0.1, 0.15) is 20.9 Å². The van der Waals surface area contributed by atoms with Crippen LogP contribution in [0.5, 0.6) is 0 Å². The standard InChI is InChI=1S/C13H13ClN2O2S/c1-8-11(12(17)18)19-13(15-8)16(2)7-9-3-5-10(14)6-4-9/h3-6H,7H2,1-2H3,(H,17,18).